The second-order valence-corrected chi connectivity index (χ2v) is 5.56. The summed E-state index contributed by atoms with van der Waals surface area (Å²) in [5, 5.41) is 6.42. The number of aromatic nitrogens is 4. The van der Waals surface area contributed by atoms with Crippen LogP contribution >= 0.6 is 0 Å². The highest BCUT2D eigenvalue weighted by molar-refractivity contribution is 5.69. The van der Waals surface area contributed by atoms with Crippen molar-refractivity contribution in [2.75, 3.05) is 5.73 Å². The van der Waals surface area contributed by atoms with Gasteiger partial charge in [-0.15, -0.1) is 0 Å². The average molecular weight is 353 g/mol. The third kappa shape index (κ3) is 9.16. The van der Waals surface area contributed by atoms with Gasteiger partial charge in [-0.1, -0.05) is 65.7 Å². The lowest BCUT2D eigenvalue weighted by molar-refractivity contribution is 0.446. The maximum absolute atomic E-state index is 5.59. The maximum Gasteiger partial charge on any atom is 0.128 e. The van der Waals surface area contributed by atoms with Crippen molar-refractivity contribution in [1.82, 2.24) is 26.3 Å². The standard InChI is InChI=1S/C9H18.C7H7N5.C2H6.H3N.H2O/c1-2-9-7-5-3-4-6-8-9;8-7-5(3-11-12-7)6-1-2-9-4-10-6;1-2;;/h9H,2-8H2,1H3;1-4H,(H3,8,11,12);1-2H3;1H3;1H2. The topological polar surface area (TPSA) is 147 Å². The van der Waals surface area contributed by atoms with Gasteiger partial charge in [0.15, 0.2) is 0 Å². The molecule has 0 radical (unpaired) electrons. The minimum absolute atomic E-state index is 0. The molecule has 3 rings (SSSR count). The second kappa shape index (κ2) is 15.5. The molecule has 0 bridgehead atoms. The Labute approximate surface area is 151 Å². The first kappa shape index (κ1) is 25.3. The van der Waals surface area contributed by atoms with Crippen molar-refractivity contribution in [3.05, 3.63) is 24.8 Å². The molecule has 2 heterocycles. The van der Waals surface area contributed by atoms with Gasteiger partial charge in [0.1, 0.15) is 12.1 Å². The Balaban J connectivity index is 0. The molecule has 0 atom stereocenters. The van der Waals surface area contributed by atoms with E-state index in [2.05, 4.69) is 27.1 Å². The number of nitrogens with zero attached hydrogens (tertiary/aromatic N) is 3. The Kier molecular flexibility index (Phi) is 15.7. The number of hydrogen-bond donors (Lipinski definition) is 3. The van der Waals surface area contributed by atoms with Crippen molar-refractivity contribution in [1.29, 1.82) is 0 Å². The molecule has 1 aliphatic rings. The lowest BCUT2D eigenvalue weighted by Gasteiger charge is -2.08. The summed E-state index contributed by atoms with van der Waals surface area (Å²) in [5.74, 6) is 1.60. The van der Waals surface area contributed by atoms with E-state index in [1.54, 1.807) is 18.5 Å². The van der Waals surface area contributed by atoms with Gasteiger partial charge in [0.05, 0.1) is 17.5 Å². The van der Waals surface area contributed by atoms with Crippen LogP contribution in [0, 0.1) is 5.92 Å². The van der Waals surface area contributed by atoms with Crippen LogP contribution in [0.3, 0.4) is 0 Å². The van der Waals surface area contributed by atoms with E-state index in [9.17, 15) is 0 Å². The van der Waals surface area contributed by atoms with E-state index in [1.807, 2.05) is 13.8 Å². The van der Waals surface area contributed by atoms with Crippen LogP contribution in [0.4, 0.5) is 5.82 Å². The van der Waals surface area contributed by atoms with E-state index in [4.69, 9.17) is 5.73 Å². The minimum Gasteiger partial charge on any atom is -0.412 e. The van der Waals surface area contributed by atoms with Gasteiger partial charge < -0.3 is 17.4 Å². The molecular formula is C18H36N6O. The van der Waals surface area contributed by atoms with Gasteiger partial charge in [-0.25, -0.2) is 9.97 Å². The van der Waals surface area contributed by atoms with Gasteiger partial charge in [-0.3, -0.25) is 5.10 Å². The molecule has 2 aromatic rings. The van der Waals surface area contributed by atoms with Crippen LogP contribution in [0.1, 0.15) is 65.7 Å². The van der Waals surface area contributed by atoms with Gasteiger partial charge in [0, 0.05) is 6.20 Å². The van der Waals surface area contributed by atoms with Crippen molar-refractivity contribution in [3.8, 4) is 11.3 Å². The number of rotatable bonds is 2. The third-order valence-corrected chi connectivity index (χ3v) is 4.08. The van der Waals surface area contributed by atoms with Gasteiger partial charge >= 0.3 is 0 Å². The van der Waals surface area contributed by atoms with Gasteiger partial charge in [0.2, 0.25) is 0 Å². The van der Waals surface area contributed by atoms with Crippen LogP contribution in [-0.4, -0.2) is 25.6 Å². The predicted octanol–water partition coefficient (Wildman–Crippen LogP) is 4.18. The fourth-order valence-corrected chi connectivity index (χ4v) is 2.72. The highest BCUT2D eigenvalue weighted by Crippen LogP contribution is 2.24. The number of nitrogens with one attached hydrogen (secondary N) is 1. The summed E-state index contributed by atoms with van der Waals surface area (Å²) in [4.78, 5) is 7.83. The Hall–Kier alpha value is -1.99. The molecule has 1 aliphatic carbocycles. The molecule has 0 amide bonds. The van der Waals surface area contributed by atoms with Crippen LogP contribution in [0.15, 0.2) is 24.8 Å². The lowest BCUT2D eigenvalue weighted by atomic mass is 9.98. The van der Waals surface area contributed by atoms with Crippen LogP contribution < -0.4 is 11.9 Å². The Bertz CT molecular complexity index is 509. The lowest BCUT2D eigenvalue weighted by Crippen LogP contribution is -1.94. The first-order valence-electron chi connectivity index (χ1n) is 8.86. The third-order valence-electron chi connectivity index (χ3n) is 4.08. The highest BCUT2D eigenvalue weighted by Gasteiger charge is 2.08. The molecule has 7 nitrogen and oxygen atoms in total. The van der Waals surface area contributed by atoms with Crippen molar-refractivity contribution >= 4 is 5.82 Å². The minimum atomic E-state index is 0. The van der Waals surface area contributed by atoms with E-state index in [0.29, 0.717) is 5.82 Å². The molecular weight excluding hydrogens is 316 g/mol. The number of nitrogens with two attached hydrogens (primary N) is 1. The van der Waals surface area contributed by atoms with Crippen LogP contribution in [0.25, 0.3) is 11.3 Å². The van der Waals surface area contributed by atoms with Crippen molar-refractivity contribution in [2.24, 2.45) is 5.92 Å². The average Bonchev–Trinajstić information content (AvgIpc) is 2.88. The maximum atomic E-state index is 5.59. The molecule has 0 spiro atoms. The van der Waals surface area contributed by atoms with E-state index in [0.717, 1.165) is 17.2 Å². The molecule has 2 aromatic heterocycles. The number of nitrogen functional groups attached to an aromatic ring is 1. The summed E-state index contributed by atoms with van der Waals surface area (Å²) >= 11 is 0. The van der Waals surface area contributed by atoms with Gasteiger partial charge in [0.25, 0.3) is 0 Å². The monoisotopic (exact) mass is 352 g/mol. The molecule has 1 fully saturated rings. The molecule has 144 valence electrons. The molecule has 0 aromatic carbocycles. The fourth-order valence-electron chi connectivity index (χ4n) is 2.72. The normalized spacial score (nSPS) is 13.6. The zero-order chi connectivity index (χ0) is 16.9. The van der Waals surface area contributed by atoms with Gasteiger partial charge in [-0.05, 0) is 12.0 Å². The van der Waals surface area contributed by atoms with Crippen LogP contribution in [-0.2, 0) is 0 Å². The zero-order valence-electron chi connectivity index (χ0n) is 16.0. The van der Waals surface area contributed by atoms with Gasteiger partial charge in [-0.2, -0.15) is 5.10 Å². The SMILES string of the molecule is CC.CCC1CCCCCC1.N.Nc1[nH]ncc1-c1ccncn1.O. The fraction of sp³-hybridized carbons (Fsp3) is 0.611. The summed E-state index contributed by atoms with van der Waals surface area (Å²) in [6.45, 7) is 6.33. The van der Waals surface area contributed by atoms with E-state index >= 15 is 0 Å². The van der Waals surface area contributed by atoms with Crippen molar-refractivity contribution < 1.29 is 5.48 Å². The molecule has 0 aliphatic heterocycles. The number of anilines is 1. The quantitative estimate of drug-likeness (QED) is 0.693. The largest absolute Gasteiger partial charge is 0.412 e. The Morgan fingerprint density at radius 2 is 1.80 bits per heavy atom. The van der Waals surface area contributed by atoms with Crippen molar-refractivity contribution in [3.63, 3.8) is 0 Å². The van der Waals surface area contributed by atoms with E-state index in [1.165, 1.54) is 51.3 Å². The summed E-state index contributed by atoms with van der Waals surface area (Å²) in [6, 6.07) is 1.78. The van der Waals surface area contributed by atoms with Crippen LogP contribution in [0.5, 0.6) is 0 Å². The smallest absolute Gasteiger partial charge is 0.128 e. The molecule has 0 unspecified atom stereocenters. The Morgan fingerprint density at radius 1 is 1.16 bits per heavy atom. The van der Waals surface area contributed by atoms with Crippen LogP contribution in [0.2, 0.25) is 0 Å². The Morgan fingerprint density at radius 3 is 2.24 bits per heavy atom. The van der Waals surface area contributed by atoms with E-state index in [-0.39, 0.29) is 11.6 Å². The number of H-pyrrole nitrogens is 1. The first-order chi connectivity index (χ1) is 11.3. The predicted molar refractivity (Wildman–Crippen MR) is 105 cm³/mol. The molecule has 8 N–H and O–H groups in total. The summed E-state index contributed by atoms with van der Waals surface area (Å²) in [6.07, 6.45) is 15.2. The highest BCUT2D eigenvalue weighted by atomic mass is 16.0. The summed E-state index contributed by atoms with van der Waals surface area (Å²) in [5.41, 5.74) is 7.17. The van der Waals surface area contributed by atoms with Crippen molar-refractivity contribution in [2.45, 2.75) is 65.7 Å². The second-order valence-electron chi connectivity index (χ2n) is 5.56. The first-order valence-corrected chi connectivity index (χ1v) is 8.86. The van der Waals surface area contributed by atoms with E-state index < -0.39 is 0 Å². The number of aromatic amines is 1. The molecule has 25 heavy (non-hydrogen) atoms. The summed E-state index contributed by atoms with van der Waals surface area (Å²) in [7, 11) is 0. The molecule has 7 heteroatoms. The molecule has 1 saturated carbocycles. The number of hydrogen-bond acceptors (Lipinski definition) is 5. The molecule has 0 saturated heterocycles. The summed E-state index contributed by atoms with van der Waals surface area (Å²) < 4.78 is 0. The zero-order valence-corrected chi connectivity index (χ0v) is 16.0.